The number of para-hydroxylation sites is 1. The van der Waals surface area contributed by atoms with Crippen LogP contribution in [0.25, 0.3) is 0 Å². The maximum absolute atomic E-state index is 10.3. The van der Waals surface area contributed by atoms with Crippen molar-refractivity contribution in [1.29, 1.82) is 0 Å². The Morgan fingerprint density at radius 2 is 1.84 bits per heavy atom. The summed E-state index contributed by atoms with van der Waals surface area (Å²) >= 11 is 5.19. The second kappa shape index (κ2) is 7.12. The Balaban J connectivity index is 1.74. The smallest absolute Gasteiger partial charge is 0.126 e. The van der Waals surface area contributed by atoms with Gasteiger partial charge in [0.1, 0.15) is 11.9 Å². The van der Waals surface area contributed by atoms with E-state index in [1.165, 1.54) is 4.88 Å². The Hall–Kier alpha value is -1.95. The number of nitrogens with one attached hydrogen (secondary N) is 1. The molecule has 1 aliphatic rings. The fourth-order valence-electron chi connectivity index (χ4n) is 3.09. The second-order valence-corrected chi connectivity index (χ2v) is 7.85. The number of rotatable bonds is 3. The molecule has 0 radical (unpaired) electrons. The molecule has 2 heterocycles. The van der Waals surface area contributed by atoms with Crippen LogP contribution in [0.2, 0.25) is 0 Å². The van der Waals surface area contributed by atoms with Crippen LogP contribution in [0.5, 0.6) is 5.75 Å². The lowest BCUT2D eigenvalue weighted by Gasteiger charge is -2.30. The number of halogens is 1. The molecule has 1 aliphatic heterocycles. The van der Waals surface area contributed by atoms with Gasteiger partial charge in [0, 0.05) is 27.4 Å². The Morgan fingerprint density at radius 1 is 1.04 bits per heavy atom. The molecular weight excluding hydrogens is 396 g/mol. The minimum atomic E-state index is -0.136. The minimum Gasteiger partial charge on any atom is -0.508 e. The maximum atomic E-state index is 10.3. The summed E-state index contributed by atoms with van der Waals surface area (Å²) in [6.45, 7) is 0. The number of phenolic OH excluding ortho intramolecular Hbond substituents is 1. The highest BCUT2D eigenvalue weighted by Gasteiger charge is 2.27. The van der Waals surface area contributed by atoms with Gasteiger partial charge >= 0.3 is 0 Å². The van der Waals surface area contributed by atoms with Crippen molar-refractivity contribution in [2.24, 2.45) is 4.99 Å². The van der Waals surface area contributed by atoms with Gasteiger partial charge in [-0.2, -0.15) is 0 Å². The zero-order valence-corrected chi connectivity index (χ0v) is 15.8. The van der Waals surface area contributed by atoms with Crippen molar-refractivity contribution in [2.45, 2.75) is 18.6 Å². The van der Waals surface area contributed by atoms with Crippen LogP contribution in [0.1, 0.15) is 34.6 Å². The van der Waals surface area contributed by atoms with Gasteiger partial charge < -0.3 is 5.11 Å². The molecule has 0 saturated heterocycles. The molecule has 1 aromatic heterocycles. The number of aromatic hydroxyl groups is 1. The van der Waals surface area contributed by atoms with E-state index in [1.54, 1.807) is 17.4 Å². The standard InChI is InChI=1S/C20H17BrN2OS/c21-14-9-7-13(8-10-14)20-22-16(15-4-1-2-5-18(15)24)12-17(23-20)19-6-3-11-25-19/h1-11,16,20,22,24H,12H2/t16-,20-/m1/s1. The summed E-state index contributed by atoms with van der Waals surface area (Å²) in [6, 6.07) is 19.9. The molecule has 4 rings (SSSR count). The predicted molar refractivity (Wildman–Crippen MR) is 106 cm³/mol. The lowest BCUT2D eigenvalue weighted by Crippen LogP contribution is -2.32. The molecule has 0 bridgehead atoms. The van der Waals surface area contributed by atoms with Gasteiger partial charge in [-0.25, -0.2) is 0 Å². The van der Waals surface area contributed by atoms with Crippen molar-refractivity contribution >= 4 is 33.0 Å². The first-order valence-electron chi connectivity index (χ1n) is 8.10. The van der Waals surface area contributed by atoms with Crippen LogP contribution < -0.4 is 5.32 Å². The van der Waals surface area contributed by atoms with E-state index in [0.717, 1.165) is 27.7 Å². The number of phenols is 1. The highest BCUT2D eigenvalue weighted by molar-refractivity contribution is 9.10. The van der Waals surface area contributed by atoms with Gasteiger partial charge in [0.15, 0.2) is 0 Å². The minimum absolute atomic E-state index is 0.0180. The summed E-state index contributed by atoms with van der Waals surface area (Å²) in [5, 5.41) is 15.9. The molecule has 0 aliphatic carbocycles. The van der Waals surface area contributed by atoms with Crippen LogP contribution in [-0.4, -0.2) is 10.8 Å². The average Bonchev–Trinajstić information content (AvgIpc) is 3.17. The number of hydrogen-bond donors (Lipinski definition) is 2. The monoisotopic (exact) mass is 412 g/mol. The van der Waals surface area contributed by atoms with E-state index in [0.29, 0.717) is 5.75 Å². The Bertz CT molecular complexity index is 890. The van der Waals surface area contributed by atoms with Crippen molar-refractivity contribution in [3.8, 4) is 5.75 Å². The third kappa shape index (κ3) is 3.54. The molecule has 0 unspecified atom stereocenters. The molecule has 0 spiro atoms. The van der Waals surface area contributed by atoms with Crippen LogP contribution in [0, 0.1) is 0 Å². The van der Waals surface area contributed by atoms with Crippen molar-refractivity contribution < 1.29 is 5.11 Å². The maximum Gasteiger partial charge on any atom is 0.126 e. The first-order chi connectivity index (χ1) is 12.2. The number of aliphatic imine (C=N–C) groups is 1. The van der Waals surface area contributed by atoms with E-state index in [-0.39, 0.29) is 12.2 Å². The second-order valence-electron chi connectivity index (χ2n) is 5.99. The molecule has 0 fully saturated rings. The molecular formula is C20H17BrN2OS. The normalized spacial score (nSPS) is 20.3. The van der Waals surface area contributed by atoms with Crippen LogP contribution in [0.4, 0.5) is 0 Å². The number of thiophene rings is 1. The summed E-state index contributed by atoms with van der Waals surface area (Å²) in [5.74, 6) is 0.321. The van der Waals surface area contributed by atoms with Gasteiger partial charge in [0.2, 0.25) is 0 Å². The summed E-state index contributed by atoms with van der Waals surface area (Å²) in [7, 11) is 0. The van der Waals surface area contributed by atoms with Gasteiger partial charge in [-0.05, 0) is 35.2 Å². The van der Waals surface area contributed by atoms with E-state index in [9.17, 15) is 5.11 Å². The summed E-state index contributed by atoms with van der Waals surface area (Å²) < 4.78 is 1.05. The van der Waals surface area contributed by atoms with Crippen LogP contribution in [-0.2, 0) is 0 Å². The summed E-state index contributed by atoms with van der Waals surface area (Å²) in [4.78, 5) is 6.13. The first-order valence-corrected chi connectivity index (χ1v) is 9.78. The number of hydrogen-bond acceptors (Lipinski definition) is 4. The van der Waals surface area contributed by atoms with Crippen LogP contribution in [0.15, 0.2) is 75.5 Å². The number of nitrogens with zero attached hydrogens (tertiary/aromatic N) is 1. The lowest BCUT2D eigenvalue weighted by molar-refractivity contribution is 0.413. The Labute approximate surface area is 159 Å². The highest BCUT2D eigenvalue weighted by atomic mass is 79.9. The molecule has 3 aromatic rings. The van der Waals surface area contributed by atoms with Crippen LogP contribution >= 0.6 is 27.3 Å². The summed E-state index contributed by atoms with van der Waals surface area (Å²) in [6.07, 6.45) is 0.619. The third-order valence-corrected chi connectivity index (χ3v) is 5.79. The predicted octanol–water partition coefficient (Wildman–Crippen LogP) is 5.44. The van der Waals surface area contributed by atoms with Crippen molar-refractivity contribution in [3.05, 3.63) is 86.5 Å². The Kier molecular flexibility index (Phi) is 4.70. The first kappa shape index (κ1) is 16.5. The molecule has 3 nitrogen and oxygen atoms in total. The van der Waals surface area contributed by atoms with Crippen LogP contribution in [0.3, 0.4) is 0 Å². The molecule has 2 N–H and O–H groups in total. The van der Waals surface area contributed by atoms with Gasteiger partial charge in [0.05, 0.1) is 5.71 Å². The fourth-order valence-corrected chi connectivity index (χ4v) is 4.09. The largest absolute Gasteiger partial charge is 0.508 e. The molecule has 25 heavy (non-hydrogen) atoms. The highest BCUT2D eigenvalue weighted by Crippen LogP contribution is 2.35. The van der Waals surface area contributed by atoms with Gasteiger partial charge in [-0.3, -0.25) is 10.3 Å². The lowest BCUT2D eigenvalue weighted by atomic mass is 9.96. The molecule has 2 aromatic carbocycles. The quantitative estimate of drug-likeness (QED) is 0.601. The van der Waals surface area contributed by atoms with E-state index in [1.807, 2.05) is 36.4 Å². The molecule has 2 atom stereocenters. The topological polar surface area (TPSA) is 44.6 Å². The van der Waals surface area contributed by atoms with E-state index in [4.69, 9.17) is 4.99 Å². The Morgan fingerprint density at radius 3 is 2.56 bits per heavy atom. The van der Waals surface area contributed by atoms with Crippen molar-refractivity contribution in [1.82, 2.24) is 5.32 Å². The zero-order chi connectivity index (χ0) is 17.2. The molecule has 5 heteroatoms. The van der Waals surface area contributed by atoms with Gasteiger partial charge in [-0.15, -0.1) is 11.3 Å². The molecule has 126 valence electrons. The fraction of sp³-hybridized carbons (Fsp3) is 0.150. The number of benzene rings is 2. The zero-order valence-electron chi connectivity index (χ0n) is 13.4. The van der Waals surface area contributed by atoms with Crippen molar-refractivity contribution in [3.63, 3.8) is 0 Å². The molecule has 0 amide bonds. The molecule has 0 saturated carbocycles. The van der Waals surface area contributed by atoms with E-state index in [2.05, 4.69) is 44.8 Å². The van der Waals surface area contributed by atoms with Gasteiger partial charge in [-0.1, -0.05) is 52.3 Å². The SMILES string of the molecule is Oc1ccccc1[C@H]1CC(c2cccs2)=N[C@H](c2ccc(Br)cc2)N1. The third-order valence-electron chi connectivity index (χ3n) is 4.34. The van der Waals surface area contributed by atoms with E-state index < -0.39 is 0 Å². The summed E-state index contributed by atoms with van der Waals surface area (Å²) in [5.41, 5.74) is 3.10. The van der Waals surface area contributed by atoms with Gasteiger partial charge in [0.25, 0.3) is 0 Å². The van der Waals surface area contributed by atoms with E-state index >= 15 is 0 Å². The van der Waals surface area contributed by atoms with Crippen molar-refractivity contribution in [2.75, 3.05) is 0 Å². The average molecular weight is 413 g/mol.